The molecule has 0 unspecified atom stereocenters. The van der Waals surface area contributed by atoms with Crippen LogP contribution in [0.2, 0.25) is 5.02 Å². The molecular weight excluding hydrogens is 694 g/mol. The molecule has 262 valence electrons. The number of methoxy groups -OCH3 is 1. The van der Waals surface area contributed by atoms with E-state index >= 15 is 0 Å². The van der Waals surface area contributed by atoms with Crippen molar-refractivity contribution in [2.24, 2.45) is 16.7 Å². The fourth-order valence-electron chi connectivity index (χ4n) is 7.32. The molecule has 2 saturated carbocycles. The lowest BCUT2D eigenvalue weighted by Crippen LogP contribution is -2.42. The molecule has 2 heterocycles. The summed E-state index contributed by atoms with van der Waals surface area (Å²) in [6.45, 7) is 6.24. The smallest absolute Gasteiger partial charge is 0.348 e. The van der Waals surface area contributed by atoms with Gasteiger partial charge in [-0.15, -0.1) is 11.3 Å². The van der Waals surface area contributed by atoms with Crippen molar-refractivity contribution in [3.05, 3.63) is 81.2 Å². The summed E-state index contributed by atoms with van der Waals surface area (Å²) in [7, 11) is -2.72. The molecule has 49 heavy (non-hydrogen) atoms. The summed E-state index contributed by atoms with van der Waals surface area (Å²) in [6, 6.07) is 14.8. The lowest BCUT2D eigenvalue weighted by molar-refractivity contribution is -0.147. The van der Waals surface area contributed by atoms with Crippen LogP contribution in [0.5, 0.6) is 10.8 Å². The Hall–Kier alpha value is -3.62. The number of nitrogens with zero attached hydrogens (tertiary/aromatic N) is 1. The maximum Gasteiger partial charge on any atom is 0.348 e. The van der Waals surface area contributed by atoms with E-state index in [4.69, 9.17) is 30.4 Å². The number of ketones is 1. The minimum Gasteiger partial charge on any atom is -0.468 e. The Balaban J connectivity index is 0.000000259. The summed E-state index contributed by atoms with van der Waals surface area (Å²) in [5.41, 5.74) is 0.692. The van der Waals surface area contributed by atoms with Gasteiger partial charge in [-0.05, 0) is 66.0 Å². The van der Waals surface area contributed by atoms with E-state index in [0.29, 0.717) is 48.0 Å². The highest BCUT2D eigenvalue weighted by molar-refractivity contribution is 7.85. The molecule has 2 fully saturated rings. The second-order valence-electron chi connectivity index (χ2n) is 13.1. The van der Waals surface area contributed by atoms with E-state index in [9.17, 15) is 27.6 Å². The highest BCUT2D eigenvalue weighted by atomic mass is 35.5. The Labute approximate surface area is 294 Å². The molecule has 3 aliphatic rings. The van der Waals surface area contributed by atoms with Gasteiger partial charge in [-0.2, -0.15) is 8.42 Å². The third-order valence-corrected chi connectivity index (χ3v) is 12.3. The summed E-state index contributed by atoms with van der Waals surface area (Å²) < 4.78 is 46.8. The summed E-state index contributed by atoms with van der Waals surface area (Å²) in [6.07, 6.45) is 2.65. The number of esters is 3. The average Bonchev–Trinajstić information content (AvgIpc) is 3.59. The van der Waals surface area contributed by atoms with Crippen LogP contribution >= 0.6 is 22.9 Å². The molecule has 14 heteroatoms. The van der Waals surface area contributed by atoms with E-state index in [0.717, 1.165) is 16.9 Å². The van der Waals surface area contributed by atoms with Gasteiger partial charge in [-0.1, -0.05) is 55.8 Å². The van der Waals surface area contributed by atoms with Gasteiger partial charge in [0.1, 0.15) is 23.1 Å². The maximum absolute atomic E-state index is 12.8. The number of carbonyl (C=O) groups is 4. The van der Waals surface area contributed by atoms with Gasteiger partial charge in [-0.3, -0.25) is 19.0 Å². The van der Waals surface area contributed by atoms with E-state index in [1.54, 1.807) is 30.3 Å². The Morgan fingerprint density at radius 1 is 1.10 bits per heavy atom. The van der Waals surface area contributed by atoms with Crippen molar-refractivity contribution in [2.75, 3.05) is 19.4 Å². The summed E-state index contributed by atoms with van der Waals surface area (Å²) in [4.78, 5) is 51.7. The molecule has 6 rings (SSSR count). The second kappa shape index (κ2) is 14.3. The lowest BCUT2D eigenvalue weighted by Gasteiger charge is -2.35. The zero-order chi connectivity index (χ0) is 35.7. The Kier molecular flexibility index (Phi) is 10.7. The highest BCUT2D eigenvalue weighted by Crippen LogP contribution is 2.64. The van der Waals surface area contributed by atoms with E-state index in [-0.39, 0.29) is 34.4 Å². The summed E-state index contributed by atoms with van der Waals surface area (Å²) in [5, 5.41) is 0.928. The molecule has 0 saturated heterocycles. The molecule has 1 aliphatic heterocycles. The number of hydrogen-bond acceptors (Lipinski definition) is 11. The fourth-order valence-corrected chi connectivity index (χ4v) is 9.87. The third kappa shape index (κ3) is 7.60. The first-order chi connectivity index (χ1) is 23.1. The van der Waals surface area contributed by atoms with Gasteiger partial charge in [0.05, 0.1) is 18.3 Å². The number of hydrogen-bond donors (Lipinski definition) is 1. The first kappa shape index (κ1) is 36.7. The number of ether oxygens (including phenoxy) is 3. The van der Waals surface area contributed by atoms with Gasteiger partial charge in [0.25, 0.3) is 10.1 Å². The number of halogens is 1. The van der Waals surface area contributed by atoms with Gasteiger partial charge in [0.15, 0.2) is 5.06 Å². The molecule has 3 aromatic rings. The SMILES string of the molecule is CC1(C)[C@@H]2CC[C@@]1(CS(=O)(=O)O)C(=O)C2.COC(=O)[C@H](c1ccccc1Cl)N1CCc2sc(OC(=O)c3ccccc3OC(C)=O)cc2C1. The van der Waals surface area contributed by atoms with Crippen LogP contribution in [0, 0.1) is 16.7 Å². The number of Topliss-reactive ketones (excluding diaryl/α,β-unsaturated/α-hetero) is 1. The zero-order valence-corrected chi connectivity index (χ0v) is 30.0. The quantitative estimate of drug-likeness (QED) is 0.163. The molecule has 0 amide bonds. The predicted molar refractivity (Wildman–Crippen MR) is 182 cm³/mol. The average molecular weight is 732 g/mol. The van der Waals surface area contributed by atoms with Crippen molar-refractivity contribution in [2.45, 2.75) is 59.0 Å². The fraction of sp³-hybridized carbons (Fsp3) is 0.429. The van der Waals surface area contributed by atoms with Crippen LogP contribution in [0.4, 0.5) is 0 Å². The molecule has 3 atom stereocenters. The largest absolute Gasteiger partial charge is 0.468 e. The summed E-state index contributed by atoms with van der Waals surface area (Å²) in [5.74, 6) is -1.48. The van der Waals surface area contributed by atoms with E-state index < -0.39 is 39.3 Å². The van der Waals surface area contributed by atoms with Crippen LogP contribution in [0.1, 0.15) is 72.4 Å². The number of fused-ring (bicyclic) bond motifs is 3. The molecule has 2 aliphatic carbocycles. The molecule has 2 bridgehead atoms. The van der Waals surface area contributed by atoms with E-state index in [2.05, 4.69) is 0 Å². The van der Waals surface area contributed by atoms with Crippen LogP contribution in [0.25, 0.3) is 0 Å². The van der Waals surface area contributed by atoms with Crippen LogP contribution in [0.3, 0.4) is 0 Å². The van der Waals surface area contributed by atoms with Crippen LogP contribution in [0.15, 0.2) is 54.6 Å². The minimum absolute atomic E-state index is 0.0152. The molecule has 0 spiro atoms. The predicted octanol–water partition coefficient (Wildman–Crippen LogP) is 6.09. The van der Waals surface area contributed by atoms with Crippen LogP contribution in [-0.2, 0) is 42.2 Å². The lowest BCUT2D eigenvalue weighted by atomic mass is 9.70. The molecule has 1 aromatic heterocycles. The third-order valence-electron chi connectivity index (χ3n) is 9.98. The van der Waals surface area contributed by atoms with Gasteiger partial charge in [-0.25, -0.2) is 9.59 Å². The molecule has 0 radical (unpaired) electrons. The number of carbonyl (C=O) groups excluding carboxylic acids is 4. The Bertz CT molecular complexity index is 1890. The number of rotatable bonds is 8. The van der Waals surface area contributed by atoms with Crippen molar-refractivity contribution in [1.29, 1.82) is 0 Å². The number of para-hydroxylation sites is 1. The number of benzene rings is 2. The van der Waals surface area contributed by atoms with Crippen LogP contribution in [-0.4, -0.2) is 61.0 Å². The Morgan fingerprint density at radius 2 is 1.80 bits per heavy atom. The number of thiophene rings is 1. The molecule has 1 N–H and O–H groups in total. The van der Waals surface area contributed by atoms with Gasteiger partial charge in [0, 0.05) is 36.3 Å². The van der Waals surface area contributed by atoms with Crippen molar-refractivity contribution in [3.8, 4) is 10.8 Å². The molecule has 11 nitrogen and oxygen atoms in total. The second-order valence-corrected chi connectivity index (χ2v) is 16.0. The monoisotopic (exact) mass is 731 g/mol. The van der Waals surface area contributed by atoms with Gasteiger partial charge >= 0.3 is 17.9 Å². The Morgan fingerprint density at radius 3 is 2.41 bits per heavy atom. The van der Waals surface area contributed by atoms with Crippen molar-refractivity contribution in [3.63, 3.8) is 0 Å². The topological polar surface area (TPSA) is 154 Å². The minimum atomic E-state index is -4.08. The van der Waals surface area contributed by atoms with Crippen LogP contribution < -0.4 is 9.47 Å². The van der Waals surface area contributed by atoms with Crippen molar-refractivity contribution >= 4 is 56.7 Å². The molecular formula is C35H38ClNO10S2. The van der Waals surface area contributed by atoms with Crippen molar-refractivity contribution in [1.82, 2.24) is 4.90 Å². The highest BCUT2D eigenvalue weighted by Gasteiger charge is 2.65. The van der Waals surface area contributed by atoms with Crippen molar-refractivity contribution < 1.29 is 46.4 Å². The van der Waals surface area contributed by atoms with Gasteiger partial charge < -0.3 is 14.2 Å². The zero-order valence-electron chi connectivity index (χ0n) is 27.6. The molecule has 2 aromatic carbocycles. The first-order valence-electron chi connectivity index (χ1n) is 15.7. The standard InChI is InChI=1S/C25H22ClNO6S.C10H16O4S/c1-15(28)32-20-10-6-4-8-18(20)24(29)33-22-13-16-14-27(12-11-21(16)34-22)23(25(30)31-2)17-7-3-5-9-19(17)26;1-9(2)7-3-4-10(9,8(11)5-7)6-15(12,13)14/h3-10,13,23H,11-12,14H2,1-2H3;7H,3-6H2,1-2H3,(H,12,13,14)/t23-;7-,10-/m01/s1. The summed E-state index contributed by atoms with van der Waals surface area (Å²) >= 11 is 7.77. The van der Waals surface area contributed by atoms with E-state index in [1.165, 1.54) is 31.4 Å². The normalized spacial score (nSPS) is 21.6. The van der Waals surface area contributed by atoms with Gasteiger partial charge in [0.2, 0.25) is 0 Å². The maximum atomic E-state index is 12.8. The van der Waals surface area contributed by atoms with E-state index in [1.807, 2.05) is 36.9 Å². The first-order valence-corrected chi connectivity index (χ1v) is 18.5.